The van der Waals surface area contributed by atoms with E-state index in [2.05, 4.69) is 252 Å². The Balaban J connectivity index is 1.10. The topological polar surface area (TPSA) is 8.17 Å². The van der Waals surface area contributed by atoms with Crippen LogP contribution < -0.4 is 4.90 Å². The van der Waals surface area contributed by atoms with Gasteiger partial charge in [0.25, 0.3) is 0 Å². The van der Waals surface area contributed by atoms with Crippen LogP contribution in [0.25, 0.3) is 82.8 Å². The first-order valence-corrected chi connectivity index (χ1v) is 20.6. The number of anilines is 3. The van der Waals surface area contributed by atoms with E-state index >= 15 is 0 Å². The second kappa shape index (κ2) is 15.1. The van der Waals surface area contributed by atoms with Crippen molar-refractivity contribution in [3.63, 3.8) is 0 Å². The van der Waals surface area contributed by atoms with Crippen LogP contribution in [-0.4, -0.2) is 4.57 Å². The molecule has 0 unspecified atom stereocenters. The lowest BCUT2D eigenvalue weighted by Crippen LogP contribution is -2.11. The molecule has 60 heavy (non-hydrogen) atoms. The van der Waals surface area contributed by atoms with E-state index in [9.17, 15) is 0 Å². The third kappa shape index (κ3) is 6.14. The van der Waals surface area contributed by atoms with Crippen LogP contribution in [0.15, 0.2) is 243 Å². The summed E-state index contributed by atoms with van der Waals surface area (Å²) in [5.41, 5.74) is 16.3. The molecule has 2 heteroatoms. The summed E-state index contributed by atoms with van der Waals surface area (Å²) in [4.78, 5) is 2.42. The maximum Gasteiger partial charge on any atom is 0.0541 e. The van der Waals surface area contributed by atoms with Crippen molar-refractivity contribution in [2.24, 2.45) is 0 Å². The zero-order valence-electron chi connectivity index (χ0n) is 33.0. The lowest BCUT2D eigenvalue weighted by atomic mass is 9.90. The number of hydrogen-bond donors (Lipinski definition) is 0. The Morgan fingerprint density at radius 1 is 0.283 bits per heavy atom. The highest BCUT2D eigenvalue weighted by Crippen LogP contribution is 2.45. The molecule has 0 aliphatic rings. The second-order valence-electron chi connectivity index (χ2n) is 15.3. The molecule has 11 aromatic rings. The van der Waals surface area contributed by atoms with Gasteiger partial charge in [0, 0.05) is 33.3 Å². The zero-order valence-corrected chi connectivity index (χ0v) is 33.0. The summed E-state index contributed by atoms with van der Waals surface area (Å²) < 4.78 is 2.42. The van der Waals surface area contributed by atoms with Crippen molar-refractivity contribution in [3.05, 3.63) is 243 Å². The molecule has 0 bridgehead atoms. The first-order chi connectivity index (χ1) is 29.8. The molecule has 1 aromatic heterocycles. The highest BCUT2D eigenvalue weighted by atomic mass is 15.1. The Labute approximate surface area is 350 Å². The highest BCUT2D eigenvalue weighted by molar-refractivity contribution is 6.10. The number of para-hydroxylation sites is 4. The third-order valence-electron chi connectivity index (χ3n) is 11.8. The minimum atomic E-state index is 1.08. The van der Waals surface area contributed by atoms with E-state index in [4.69, 9.17) is 0 Å². The summed E-state index contributed by atoms with van der Waals surface area (Å²) >= 11 is 0. The van der Waals surface area contributed by atoms with Gasteiger partial charge >= 0.3 is 0 Å². The van der Waals surface area contributed by atoms with Gasteiger partial charge in [-0.15, -0.1) is 0 Å². The molecule has 0 spiro atoms. The number of hydrogen-bond acceptors (Lipinski definition) is 1. The smallest absolute Gasteiger partial charge is 0.0541 e. The lowest BCUT2D eigenvalue weighted by Gasteiger charge is -2.29. The monoisotopic (exact) mass is 764 g/mol. The van der Waals surface area contributed by atoms with Crippen molar-refractivity contribution in [1.29, 1.82) is 0 Å². The predicted octanol–water partition coefficient (Wildman–Crippen LogP) is 16.1. The average molecular weight is 765 g/mol. The molecule has 0 N–H and O–H groups in total. The molecule has 0 fully saturated rings. The molecule has 0 radical (unpaired) electrons. The Morgan fingerprint density at radius 2 is 0.783 bits per heavy atom. The summed E-state index contributed by atoms with van der Waals surface area (Å²) in [5, 5.41) is 4.99. The second-order valence-corrected chi connectivity index (χ2v) is 15.3. The van der Waals surface area contributed by atoms with Gasteiger partial charge in [0.1, 0.15) is 0 Å². The van der Waals surface area contributed by atoms with Crippen LogP contribution in [0.3, 0.4) is 0 Å². The number of benzene rings is 10. The van der Waals surface area contributed by atoms with E-state index in [1.807, 2.05) is 0 Å². The van der Waals surface area contributed by atoms with E-state index in [0.717, 1.165) is 28.3 Å². The Morgan fingerprint density at radius 3 is 1.50 bits per heavy atom. The van der Waals surface area contributed by atoms with Crippen molar-refractivity contribution in [3.8, 4) is 50.2 Å². The summed E-state index contributed by atoms with van der Waals surface area (Å²) in [6.45, 7) is 0. The van der Waals surface area contributed by atoms with E-state index < -0.39 is 0 Å². The van der Waals surface area contributed by atoms with Gasteiger partial charge in [-0.3, -0.25) is 0 Å². The molecule has 0 saturated carbocycles. The van der Waals surface area contributed by atoms with Crippen LogP contribution >= 0.6 is 0 Å². The van der Waals surface area contributed by atoms with Gasteiger partial charge in [-0.2, -0.15) is 0 Å². The molecule has 0 aliphatic carbocycles. The number of nitrogens with zero attached hydrogens (tertiary/aromatic N) is 2. The van der Waals surface area contributed by atoms with Crippen LogP contribution in [0.5, 0.6) is 0 Å². The van der Waals surface area contributed by atoms with E-state index in [-0.39, 0.29) is 0 Å². The van der Waals surface area contributed by atoms with Crippen LogP contribution in [0.2, 0.25) is 0 Å². The van der Waals surface area contributed by atoms with Crippen molar-refractivity contribution >= 4 is 49.6 Å². The van der Waals surface area contributed by atoms with E-state index in [1.165, 1.54) is 71.5 Å². The quantitative estimate of drug-likeness (QED) is 0.150. The van der Waals surface area contributed by atoms with Crippen LogP contribution in [0, 0.1) is 0 Å². The number of aromatic nitrogens is 1. The summed E-state index contributed by atoms with van der Waals surface area (Å²) in [5.74, 6) is 0. The number of fused-ring (bicyclic) bond motifs is 4. The molecule has 0 aliphatic heterocycles. The minimum absolute atomic E-state index is 1.08. The highest BCUT2D eigenvalue weighted by Gasteiger charge is 2.21. The Bertz CT molecular complexity index is 3250. The molecule has 0 atom stereocenters. The minimum Gasteiger partial charge on any atom is -0.310 e. The molecular weight excluding hydrogens is 725 g/mol. The van der Waals surface area contributed by atoms with Crippen LogP contribution in [0.4, 0.5) is 17.1 Å². The van der Waals surface area contributed by atoms with Gasteiger partial charge in [0.15, 0.2) is 0 Å². The fraction of sp³-hybridized carbons (Fsp3) is 0. The van der Waals surface area contributed by atoms with Crippen molar-refractivity contribution in [1.82, 2.24) is 4.57 Å². The zero-order chi connectivity index (χ0) is 39.8. The molecule has 0 amide bonds. The van der Waals surface area contributed by atoms with Crippen molar-refractivity contribution in [2.45, 2.75) is 0 Å². The summed E-state index contributed by atoms with van der Waals surface area (Å²) in [6, 6.07) is 87.9. The van der Waals surface area contributed by atoms with Gasteiger partial charge in [-0.1, -0.05) is 194 Å². The Hall–Kier alpha value is -7.94. The largest absolute Gasteiger partial charge is 0.310 e. The maximum absolute atomic E-state index is 2.42. The van der Waals surface area contributed by atoms with E-state index in [0.29, 0.717) is 0 Å². The fourth-order valence-corrected chi connectivity index (χ4v) is 9.07. The Kier molecular flexibility index (Phi) is 8.87. The van der Waals surface area contributed by atoms with Crippen molar-refractivity contribution in [2.75, 3.05) is 4.90 Å². The molecule has 1 heterocycles. The third-order valence-corrected chi connectivity index (χ3v) is 11.8. The molecule has 282 valence electrons. The fourth-order valence-electron chi connectivity index (χ4n) is 9.07. The van der Waals surface area contributed by atoms with Crippen molar-refractivity contribution < 1.29 is 0 Å². The first kappa shape index (κ1) is 35.2. The molecule has 0 saturated heterocycles. The SMILES string of the molecule is c1ccc(-c2cc(N(c3ccc(-c4ccccc4-n4c5ccccc5c5ccccc54)cc3)c3ccccc3-c3ccccc3)ccc2-c2cccc3ccccc23)cc1. The maximum atomic E-state index is 2.42. The molecular formula is C58H40N2. The van der Waals surface area contributed by atoms with Crippen LogP contribution in [0.1, 0.15) is 0 Å². The van der Waals surface area contributed by atoms with Gasteiger partial charge < -0.3 is 9.47 Å². The average Bonchev–Trinajstić information content (AvgIpc) is 3.67. The lowest BCUT2D eigenvalue weighted by molar-refractivity contribution is 1.18. The van der Waals surface area contributed by atoms with E-state index in [1.54, 1.807) is 0 Å². The summed E-state index contributed by atoms with van der Waals surface area (Å²) in [7, 11) is 0. The van der Waals surface area contributed by atoms with Gasteiger partial charge in [-0.25, -0.2) is 0 Å². The predicted molar refractivity (Wildman–Crippen MR) is 255 cm³/mol. The first-order valence-electron chi connectivity index (χ1n) is 20.6. The normalized spacial score (nSPS) is 11.3. The molecule has 2 nitrogen and oxygen atoms in total. The standard InChI is InChI=1S/C58H40N2/c1-3-18-42(19-4-1)48-25-9-13-30-55(48)59(46-38-39-51(54(40-46)43-20-5-2-6-21-43)50-29-17-23-41-22-7-8-24-47(41)50)45-36-34-44(35-37-45)49-26-10-14-31-56(49)60-57-32-15-11-27-52(57)53-28-12-16-33-58(53)60/h1-40H. The van der Waals surface area contributed by atoms with Gasteiger partial charge in [-0.05, 0) is 92.7 Å². The van der Waals surface area contributed by atoms with Gasteiger partial charge in [0.2, 0.25) is 0 Å². The molecule has 10 aromatic carbocycles. The molecule has 11 rings (SSSR count). The summed E-state index contributed by atoms with van der Waals surface area (Å²) in [6.07, 6.45) is 0. The van der Waals surface area contributed by atoms with Gasteiger partial charge in [0.05, 0.1) is 22.4 Å². The number of rotatable bonds is 8. The van der Waals surface area contributed by atoms with Crippen LogP contribution in [-0.2, 0) is 0 Å².